The zero-order valence-electron chi connectivity index (χ0n) is 19.3. The summed E-state index contributed by atoms with van der Waals surface area (Å²) in [6.07, 6.45) is 0. The first-order valence-electron chi connectivity index (χ1n) is 11.2. The summed E-state index contributed by atoms with van der Waals surface area (Å²) in [5, 5.41) is 4.94. The molecule has 0 aliphatic heterocycles. The molecule has 2 amide bonds. The van der Waals surface area contributed by atoms with E-state index in [1.807, 2.05) is 6.92 Å². The lowest BCUT2D eigenvalue weighted by Crippen LogP contribution is -2.32. The van der Waals surface area contributed by atoms with Gasteiger partial charge in [0.05, 0.1) is 17.9 Å². The highest BCUT2D eigenvalue weighted by molar-refractivity contribution is 6.30. The van der Waals surface area contributed by atoms with Crippen molar-refractivity contribution < 1.29 is 33.4 Å². The first-order valence-corrected chi connectivity index (χ1v) is 11.2. The number of fused-ring (bicyclic) bond motifs is 2. The van der Waals surface area contributed by atoms with Gasteiger partial charge < -0.3 is 20.1 Å². The highest BCUT2D eigenvalue weighted by Gasteiger charge is 2.31. The van der Waals surface area contributed by atoms with Crippen LogP contribution in [0.1, 0.15) is 49.1 Å². The van der Waals surface area contributed by atoms with E-state index in [-0.39, 0.29) is 33.9 Å². The molecule has 0 heterocycles. The van der Waals surface area contributed by atoms with Crippen molar-refractivity contribution in [3.63, 3.8) is 0 Å². The van der Waals surface area contributed by atoms with Crippen molar-refractivity contribution in [1.29, 1.82) is 0 Å². The van der Waals surface area contributed by atoms with Crippen LogP contribution in [-0.4, -0.2) is 49.1 Å². The number of ketones is 2. The van der Waals surface area contributed by atoms with Gasteiger partial charge in [-0.2, -0.15) is 0 Å². The van der Waals surface area contributed by atoms with Gasteiger partial charge in [-0.25, -0.2) is 0 Å². The summed E-state index contributed by atoms with van der Waals surface area (Å²) in [7, 11) is 0. The van der Waals surface area contributed by atoms with Crippen LogP contribution in [0.15, 0.2) is 66.7 Å². The minimum atomic E-state index is -0.820. The Balaban J connectivity index is 1.32. The van der Waals surface area contributed by atoms with E-state index in [9.17, 15) is 24.0 Å². The Morgan fingerprint density at radius 3 is 2.17 bits per heavy atom. The van der Waals surface area contributed by atoms with E-state index in [0.717, 1.165) is 0 Å². The summed E-state index contributed by atoms with van der Waals surface area (Å²) in [5.74, 6) is -2.09. The molecule has 0 radical (unpaired) electrons. The molecular weight excluding hydrogens is 464 g/mol. The minimum absolute atomic E-state index is 0.0866. The summed E-state index contributed by atoms with van der Waals surface area (Å²) in [5.41, 5.74) is 1.31. The molecule has 9 nitrogen and oxygen atoms in total. The third-order valence-electron chi connectivity index (χ3n) is 5.41. The first kappa shape index (κ1) is 24.3. The van der Waals surface area contributed by atoms with Gasteiger partial charge in [0.15, 0.2) is 18.2 Å². The topological polar surface area (TPSA) is 128 Å². The molecule has 0 spiro atoms. The van der Waals surface area contributed by atoms with E-state index >= 15 is 0 Å². The number of benzene rings is 3. The number of ether oxygens (including phenoxy) is 2. The smallest absolute Gasteiger partial charge is 0.325 e. The molecular formula is C27H22N2O7. The minimum Gasteiger partial charge on any atom is -0.494 e. The molecule has 1 aliphatic rings. The van der Waals surface area contributed by atoms with E-state index in [4.69, 9.17) is 9.47 Å². The van der Waals surface area contributed by atoms with Crippen LogP contribution >= 0.6 is 0 Å². The van der Waals surface area contributed by atoms with Crippen LogP contribution in [0.3, 0.4) is 0 Å². The van der Waals surface area contributed by atoms with Gasteiger partial charge in [0.25, 0.3) is 11.8 Å². The fraction of sp³-hybridized carbons (Fsp3) is 0.148. The number of hydrogen-bond donors (Lipinski definition) is 2. The van der Waals surface area contributed by atoms with Gasteiger partial charge in [0.2, 0.25) is 0 Å². The van der Waals surface area contributed by atoms with Crippen molar-refractivity contribution in [3.8, 4) is 5.75 Å². The Morgan fingerprint density at radius 2 is 1.47 bits per heavy atom. The third kappa shape index (κ3) is 5.15. The molecule has 9 heteroatoms. The predicted molar refractivity (Wildman–Crippen MR) is 129 cm³/mol. The summed E-state index contributed by atoms with van der Waals surface area (Å²) in [6.45, 7) is 1.27. The number of rotatable bonds is 8. The summed E-state index contributed by atoms with van der Waals surface area (Å²) < 4.78 is 10.2. The van der Waals surface area contributed by atoms with E-state index in [1.165, 1.54) is 12.1 Å². The van der Waals surface area contributed by atoms with Crippen LogP contribution in [0.2, 0.25) is 0 Å². The second kappa shape index (κ2) is 10.6. The molecule has 0 unspecified atom stereocenters. The molecule has 0 atom stereocenters. The number of esters is 1. The summed E-state index contributed by atoms with van der Waals surface area (Å²) in [4.78, 5) is 62.4. The SMILES string of the molecule is CCOc1ccc(C(=O)NCC(=O)OCC(=O)Nc2cccc3c2C(=O)c2ccccc2C3=O)cc1. The second-order valence-electron chi connectivity index (χ2n) is 7.78. The lowest BCUT2D eigenvalue weighted by molar-refractivity contribution is -0.146. The molecule has 0 saturated carbocycles. The zero-order chi connectivity index (χ0) is 25.7. The fourth-order valence-electron chi connectivity index (χ4n) is 3.76. The number of carbonyl (C=O) groups is 5. The van der Waals surface area contributed by atoms with E-state index in [1.54, 1.807) is 54.6 Å². The molecule has 3 aromatic carbocycles. The molecule has 36 heavy (non-hydrogen) atoms. The Hall–Kier alpha value is -4.79. The number of anilines is 1. The molecule has 0 aromatic heterocycles. The maximum atomic E-state index is 13.0. The molecule has 4 rings (SSSR count). The van der Waals surface area contributed by atoms with Gasteiger partial charge in [-0.3, -0.25) is 24.0 Å². The van der Waals surface area contributed by atoms with Gasteiger partial charge in [0.1, 0.15) is 12.3 Å². The summed E-state index contributed by atoms with van der Waals surface area (Å²) >= 11 is 0. The Morgan fingerprint density at radius 1 is 0.806 bits per heavy atom. The standard InChI is InChI=1S/C27H22N2O7/c1-2-35-17-12-10-16(11-13-17)27(34)28-14-23(31)36-15-22(30)29-21-9-5-8-20-24(21)26(33)19-7-4-3-6-18(19)25(20)32/h3-13H,2,14-15H2,1H3,(H,28,34)(H,29,30). The van der Waals surface area contributed by atoms with Crippen LogP contribution < -0.4 is 15.4 Å². The van der Waals surface area contributed by atoms with Crippen molar-refractivity contribution in [1.82, 2.24) is 5.32 Å². The molecule has 0 bridgehead atoms. The third-order valence-corrected chi connectivity index (χ3v) is 5.41. The molecule has 182 valence electrons. The average molecular weight is 486 g/mol. The molecule has 2 N–H and O–H groups in total. The van der Waals surface area contributed by atoms with E-state index < -0.39 is 30.9 Å². The van der Waals surface area contributed by atoms with Crippen LogP contribution in [0, 0.1) is 0 Å². The van der Waals surface area contributed by atoms with Gasteiger partial charge in [-0.05, 0) is 37.3 Å². The monoisotopic (exact) mass is 486 g/mol. The summed E-state index contributed by atoms with van der Waals surface area (Å²) in [6, 6.07) is 17.4. The van der Waals surface area contributed by atoms with Crippen molar-refractivity contribution in [2.24, 2.45) is 0 Å². The van der Waals surface area contributed by atoms with E-state index in [2.05, 4.69) is 10.6 Å². The predicted octanol–water partition coefficient (Wildman–Crippen LogP) is 2.77. The highest BCUT2D eigenvalue weighted by Crippen LogP contribution is 2.31. The van der Waals surface area contributed by atoms with E-state index in [0.29, 0.717) is 23.5 Å². The first-order chi connectivity index (χ1) is 17.4. The quantitative estimate of drug-likeness (QED) is 0.367. The van der Waals surface area contributed by atoms with Crippen molar-refractivity contribution in [3.05, 3.63) is 94.5 Å². The number of amides is 2. The Bertz CT molecular complexity index is 1360. The second-order valence-corrected chi connectivity index (χ2v) is 7.78. The maximum absolute atomic E-state index is 13.0. The number of nitrogens with one attached hydrogen (secondary N) is 2. The van der Waals surface area contributed by atoms with Gasteiger partial charge >= 0.3 is 5.97 Å². The van der Waals surface area contributed by atoms with Crippen molar-refractivity contribution >= 4 is 35.0 Å². The lowest BCUT2D eigenvalue weighted by Gasteiger charge is -2.20. The fourth-order valence-corrected chi connectivity index (χ4v) is 3.76. The molecule has 0 fully saturated rings. The largest absolute Gasteiger partial charge is 0.494 e. The Labute approximate surface area is 206 Å². The van der Waals surface area contributed by atoms with Crippen molar-refractivity contribution in [2.45, 2.75) is 6.92 Å². The zero-order valence-corrected chi connectivity index (χ0v) is 19.3. The van der Waals surface area contributed by atoms with Crippen LogP contribution in [0.5, 0.6) is 5.75 Å². The van der Waals surface area contributed by atoms with Gasteiger partial charge in [-0.15, -0.1) is 0 Å². The van der Waals surface area contributed by atoms with Gasteiger partial charge in [-0.1, -0.05) is 36.4 Å². The average Bonchev–Trinajstić information content (AvgIpc) is 2.89. The van der Waals surface area contributed by atoms with Crippen molar-refractivity contribution in [2.75, 3.05) is 25.1 Å². The number of carbonyl (C=O) groups excluding carboxylic acids is 5. The maximum Gasteiger partial charge on any atom is 0.325 e. The number of hydrogen-bond acceptors (Lipinski definition) is 7. The van der Waals surface area contributed by atoms with Gasteiger partial charge in [0, 0.05) is 22.3 Å². The lowest BCUT2D eigenvalue weighted by atomic mass is 9.83. The Kier molecular flexibility index (Phi) is 7.20. The highest BCUT2D eigenvalue weighted by atomic mass is 16.5. The normalized spacial score (nSPS) is 11.7. The van der Waals surface area contributed by atoms with Crippen LogP contribution in [0.4, 0.5) is 5.69 Å². The molecule has 1 aliphatic carbocycles. The van der Waals surface area contributed by atoms with Crippen LogP contribution in [0.25, 0.3) is 0 Å². The van der Waals surface area contributed by atoms with Crippen LogP contribution in [-0.2, 0) is 14.3 Å². The molecule has 3 aromatic rings. The molecule has 0 saturated heterocycles.